The Hall–Kier alpha value is -1.39. The first-order valence-electron chi connectivity index (χ1n) is 6.35. The highest BCUT2D eigenvalue weighted by molar-refractivity contribution is 5.69. The summed E-state index contributed by atoms with van der Waals surface area (Å²) in [5.41, 5.74) is 2.62. The molecule has 0 bridgehead atoms. The maximum absolute atomic E-state index is 10.6. The van der Waals surface area contributed by atoms with Gasteiger partial charge in [0.25, 0.3) is 0 Å². The van der Waals surface area contributed by atoms with E-state index in [1.54, 1.807) is 0 Å². The molecule has 98 valence electrons. The quantitative estimate of drug-likeness (QED) is 0.869. The first-order valence-corrected chi connectivity index (χ1v) is 6.35. The Morgan fingerprint density at radius 2 is 1.89 bits per heavy atom. The summed E-state index contributed by atoms with van der Waals surface area (Å²) in [5.74, 6) is -0.734. The van der Waals surface area contributed by atoms with E-state index in [-0.39, 0.29) is 6.54 Å². The fourth-order valence-corrected chi connectivity index (χ4v) is 2.37. The number of hydrogen-bond donors (Lipinski definition) is 1. The monoisotopic (exact) mass is 248 g/mol. The molecule has 4 nitrogen and oxygen atoms in total. The van der Waals surface area contributed by atoms with Gasteiger partial charge in [-0.05, 0) is 12.5 Å². The second-order valence-corrected chi connectivity index (χ2v) is 4.94. The van der Waals surface area contributed by atoms with Crippen LogP contribution in [0, 0.1) is 6.92 Å². The highest BCUT2D eigenvalue weighted by Gasteiger charge is 2.18. The van der Waals surface area contributed by atoms with Crippen LogP contribution in [-0.4, -0.2) is 53.6 Å². The highest BCUT2D eigenvalue weighted by atomic mass is 16.4. The number of hydrogen-bond acceptors (Lipinski definition) is 3. The lowest BCUT2D eigenvalue weighted by molar-refractivity contribution is -0.138. The smallest absolute Gasteiger partial charge is 0.317 e. The van der Waals surface area contributed by atoms with Gasteiger partial charge in [0.2, 0.25) is 0 Å². The van der Waals surface area contributed by atoms with Crippen molar-refractivity contribution < 1.29 is 9.90 Å². The van der Waals surface area contributed by atoms with Gasteiger partial charge in [0.15, 0.2) is 0 Å². The Bertz CT molecular complexity index is 412. The largest absolute Gasteiger partial charge is 0.480 e. The fourth-order valence-electron chi connectivity index (χ4n) is 2.37. The number of aliphatic carboxylic acids is 1. The van der Waals surface area contributed by atoms with Crippen LogP contribution in [0.5, 0.6) is 0 Å². The Labute approximate surface area is 108 Å². The summed E-state index contributed by atoms with van der Waals surface area (Å²) in [7, 11) is 0. The molecule has 1 aliphatic heterocycles. The van der Waals surface area contributed by atoms with Crippen molar-refractivity contribution in [1.29, 1.82) is 0 Å². The molecule has 4 heteroatoms. The van der Waals surface area contributed by atoms with Crippen LogP contribution in [-0.2, 0) is 11.3 Å². The Morgan fingerprint density at radius 3 is 2.50 bits per heavy atom. The van der Waals surface area contributed by atoms with Gasteiger partial charge in [0.1, 0.15) is 0 Å². The number of rotatable bonds is 4. The molecule has 18 heavy (non-hydrogen) atoms. The Morgan fingerprint density at radius 1 is 1.22 bits per heavy atom. The van der Waals surface area contributed by atoms with E-state index in [0.717, 1.165) is 32.7 Å². The molecule has 1 aliphatic rings. The molecular formula is C14H20N2O2. The topological polar surface area (TPSA) is 43.8 Å². The molecule has 1 fully saturated rings. The van der Waals surface area contributed by atoms with E-state index in [1.165, 1.54) is 11.1 Å². The lowest BCUT2D eigenvalue weighted by Gasteiger charge is -2.33. The molecule has 0 saturated carbocycles. The maximum atomic E-state index is 10.6. The Kier molecular flexibility index (Phi) is 4.33. The van der Waals surface area contributed by atoms with Crippen LogP contribution in [0.3, 0.4) is 0 Å². The average Bonchev–Trinajstić information content (AvgIpc) is 2.31. The van der Waals surface area contributed by atoms with Crippen molar-refractivity contribution in [3.05, 3.63) is 35.4 Å². The third kappa shape index (κ3) is 3.82. The van der Waals surface area contributed by atoms with Crippen LogP contribution in [0.1, 0.15) is 11.1 Å². The Balaban J connectivity index is 1.81. The van der Waals surface area contributed by atoms with E-state index in [9.17, 15) is 4.79 Å². The molecule has 0 amide bonds. The lowest BCUT2D eigenvalue weighted by Crippen LogP contribution is -2.47. The van der Waals surface area contributed by atoms with E-state index in [0.29, 0.717) is 0 Å². The van der Waals surface area contributed by atoms with E-state index in [4.69, 9.17) is 5.11 Å². The standard InChI is InChI=1S/C14H20N2O2/c1-12-3-2-4-13(9-12)10-15-5-7-16(8-6-15)11-14(17)18/h2-4,9H,5-8,10-11H2,1H3,(H,17,18). The van der Waals surface area contributed by atoms with Gasteiger partial charge in [-0.3, -0.25) is 14.6 Å². The molecule has 2 rings (SSSR count). The van der Waals surface area contributed by atoms with E-state index in [2.05, 4.69) is 36.1 Å². The van der Waals surface area contributed by atoms with Crippen LogP contribution in [0.25, 0.3) is 0 Å². The van der Waals surface area contributed by atoms with Crippen LogP contribution < -0.4 is 0 Å². The predicted molar refractivity (Wildman–Crippen MR) is 70.5 cm³/mol. The second-order valence-electron chi connectivity index (χ2n) is 4.94. The van der Waals surface area contributed by atoms with Crippen molar-refractivity contribution in [1.82, 2.24) is 9.80 Å². The molecule has 1 N–H and O–H groups in total. The third-order valence-corrected chi connectivity index (χ3v) is 3.31. The molecule has 0 atom stereocenters. The highest BCUT2D eigenvalue weighted by Crippen LogP contribution is 2.10. The number of benzene rings is 1. The van der Waals surface area contributed by atoms with Gasteiger partial charge in [0.05, 0.1) is 6.54 Å². The summed E-state index contributed by atoms with van der Waals surface area (Å²) in [4.78, 5) is 15.0. The van der Waals surface area contributed by atoms with Gasteiger partial charge in [-0.15, -0.1) is 0 Å². The van der Waals surface area contributed by atoms with Crippen molar-refractivity contribution in [2.75, 3.05) is 32.7 Å². The minimum Gasteiger partial charge on any atom is -0.480 e. The minimum absolute atomic E-state index is 0.165. The molecule has 0 aliphatic carbocycles. The van der Waals surface area contributed by atoms with E-state index < -0.39 is 5.97 Å². The zero-order chi connectivity index (χ0) is 13.0. The minimum atomic E-state index is -0.734. The van der Waals surface area contributed by atoms with Crippen LogP contribution in [0.4, 0.5) is 0 Å². The van der Waals surface area contributed by atoms with Crippen LogP contribution in [0.2, 0.25) is 0 Å². The van der Waals surface area contributed by atoms with Crippen molar-refractivity contribution in [3.8, 4) is 0 Å². The number of carbonyl (C=O) groups is 1. The molecule has 1 heterocycles. The van der Waals surface area contributed by atoms with Crippen molar-refractivity contribution in [2.24, 2.45) is 0 Å². The number of carboxylic acid groups (broad SMARTS) is 1. The van der Waals surface area contributed by atoms with Crippen LogP contribution >= 0.6 is 0 Å². The molecule has 0 unspecified atom stereocenters. The van der Waals surface area contributed by atoms with Gasteiger partial charge in [0, 0.05) is 32.7 Å². The molecule has 0 spiro atoms. The third-order valence-electron chi connectivity index (χ3n) is 3.31. The van der Waals surface area contributed by atoms with Gasteiger partial charge in [-0.25, -0.2) is 0 Å². The number of nitrogens with zero attached hydrogens (tertiary/aromatic N) is 2. The molecule has 1 aromatic carbocycles. The zero-order valence-electron chi connectivity index (χ0n) is 10.8. The molecular weight excluding hydrogens is 228 g/mol. The van der Waals surface area contributed by atoms with Gasteiger partial charge in [-0.1, -0.05) is 29.8 Å². The number of aryl methyl sites for hydroxylation is 1. The zero-order valence-corrected chi connectivity index (χ0v) is 10.8. The molecule has 0 radical (unpaired) electrons. The SMILES string of the molecule is Cc1cccc(CN2CCN(CC(=O)O)CC2)c1. The number of carboxylic acids is 1. The summed E-state index contributed by atoms with van der Waals surface area (Å²) in [6, 6.07) is 8.56. The summed E-state index contributed by atoms with van der Waals surface area (Å²) in [6.45, 7) is 6.81. The normalized spacial score (nSPS) is 17.8. The van der Waals surface area contributed by atoms with Gasteiger partial charge < -0.3 is 5.11 Å². The average molecular weight is 248 g/mol. The van der Waals surface area contributed by atoms with Crippen molar-refractivity contribution in [2.45, 2.75) is 13.5 Å². The lowest BCUT2D eigenvalue weighted by atomic mass is 10.1. The summed E-state index contributed by atoms with van der Waals surface area (Å²) in [6.07, 6.45) is 0. The van der Waals surface area contributed by atoms with Gasteiger partial charge in [-0.2, -0.15) is 0 Å². The van der Waals surface area contributed by atoms with Crippen molar-refractivity contribution >= 4 is 5.97 Å². The summed E-state index contributed by atoms with van der Waals surface area (Å²) in [5, 5.41) is 8.74. The first-order chi connectivity index (χ1) is 8.63. The molecule has 1 saturated heterocycles. The molecule has 1 aromatic rings. The van der Waals surface area contributed by atoms with Crippen LogP contribution in [0.15, 0.2) is 24.3 Å². The maximum Gasteiger partial charge on any atom is 0.317 e. The molecule has 0 aromatic heterocycles. The van der Waals surface area contributed by atoms with E-state index >= 15 is 0 Å². The first kappa shape index (κ1) is 13.1. The van der Waals surface area contributed by atoms with Crippen molar-refractivity contribution in [3.63, 3.8) is 0 Å². The van der Waals surface area contributed by atoms with Gasteiger partial charge >= 0.3 is 5.97 Å². The number of piperazine rings is 1. The predicted octanol–water partition coefficient (Wildman–Crippen LogP) is 1.20. The summed E-state index contributed by atoms with van der Waals surface area (Å²) < 4.78 is 0. The fraction of sp³-hybridized carbons (Fsp3) is 0.500. The second kappa shape index (κ2) is 5.98. The summed E-state index contributed by atoms with van der Waals surface area (Å²) >= 11 is 0. The van der Waals surface area contributed by atoms with E-state index in [1.807, 2.05) is 4.90 Å².